The Morgan fingerprint density at radius 2 is 1.88 bits per heavy atom. The molecule has 1 atom stereocenters. The quantitative estimate of drug-likeness (QED) is 0.726. The second-order valence-corrected chi connectivity index (χ2v) is 6.39. The van der Waals surface area contributed by atoms with Gasteiger partial charge in [-0.2, -0.15) is 10.1 Å². The summed E-state index contributed by atoms with van der Waals surface area (Å²) in [6.07, 6.45) is 3.62. The number of nitrogens with one attached hydrogen (secondary N) is 1. The van der Waals surface area contributed by atoms with Crippen LogP contribution in [0.2, 0.25) is 10.0 Å². The number of rotatable bonds is 3. The van der Waals surface area contributed by atoms with E-state index < -0.39 is 0 Å². The molecule has 7 heteroatoms. The summed E-state index contributed by atoms with van der Waals surface area (Å²) in [6, 6.07) is 13.3. The van der Waals surface area contributed by atoms with E-state index in [1.54, 1.807) is 13.2 Å². The van der Waals surface area contributed by atoms with Crippen molar-refractivity contribution in [2.24, 2.45) is 0 Å². The largest absolute Gasteiger partial charge is 0.497 e. The molecule has 2 aromatic carbocycles. The van der Waals surface area contributed by atoms with Gasteiger partial charge in [0.25, 0.3) is 0 Å². The Balaban J connectivity index is 1.78. The van der Waals surface area contributed by atoms with Crippen molar-refractivity contribution in [1.29, 1.82) is 0 Å². The topological polar surface area (TPSA) is 52.0 Å². The average molecular weight is 373 g/mol. The highest BCUT2D eigenvalue weighted by Crippen LogP contribution is 2.34. The standard InChI is InChI=1S/C18H14Cl2N4O/c1-25-13-5-2-11(3-6-13)17-9-16(23-18-21-10-22-24(17)18)12-4-7-14(19)15(20)8-12/h2-10,17H,1H3,(H,21,22,23)/t17-/m1/s1. The Bertz CT molecular complexity index is 950. The van der Waals surface area contributed by atoms with Gasteiger partial charge in [-0.05, 0) is 41.5 Å². The number of fused-ring (bicyclic) bond motifs is 1. The highest BCUT2D eigenvalue weighted by atomic mass is 35.5. The molecular weight excluding hydrogens is 359 g/mol. The van der Waals surface area contributed by atoms with Crippen LogP contribution >= 0.6 is 23.2 Å². The summed E-state index contributed by atoms with van der Waals surface area (Å²) in [5, 5.41) is 8.66. The maximum Gasteiger partial charge on any atom is 0.226 e. The van der Waals surface area contributed by atoms with Crippen molar-refractivity contribution < 1.29 is 4.74 Å². The van der Waals surface area contributed by atoms with Crippen LogP contribution in [0.5, 0.6) is 5.75 Å². The molecule has 126 valence electrons. The number of hydrogen-bond donors (Lipinski definition) is 1. The van der Waals surface area contributed by atoms with Gasteiger partial charge >= 0.3 is 0 Å². The van der Waals surface area contributed by atoms with Crippen LogP contribution in [0.25, 0.3) is 5.70 Å². The number of halogens is 2. The third kappa shape index (κ3) is 2.97. The smallest absolute Gasteiger partial charge is 0.226 e. The van der Waals surface area contributed by atoms with Crippen molar-refractivity contribution in [2.75, 3.05) is 12.4 Å². The fraction of sp³-hybridized carbons (Fsp3) is 0.111. The lowest BCUT2D eigenvalue weighted by molar-refractivity contribution is 0.414. The normalized spacial score (nSPS) is 16.0. The van der Waals surface area contributed by atoms with Gasteiger partial charge < -0.3 is 10.1 Å². The Morgan fingerprint density at radius 1 is 1.08 bits per heavy atom. The SMILES string of the molecule is COc1ccc([C@H]2C=C(c3ccc(Cl)c(Cl)c3)Nc3ncnn32)cc1. The van der Waals surface area contributed by atoms with E-state index in [0.29, 0.717) is 16.0 Å². The van der Waals surface area contributed by atoms with E-state index in [0.717, 1.165) is 22.6 Å². The molecule has 5 nitrogen and oxygen atoms in total. The summed E-state index contributed by atoms with van der Waals surface area (Å²) >= 11 is 12.2. The lowest BCUT2D eigenvalue weighted by Crippen LogP contribution is -2.20. The van der Waals surface area contributed by atoms with Crippen LogP contribution in [0, 0.1) is 0 Å². The molecule has 0 fully saturated rings. The molecule has 0 amide bonds. The van der Waals surface area contributed by atoms with Crippen LogP contribution in [0.15, 0.2) is 54.9 Å². The van der Waals surface area contributed by atoms with Crippen LogP contribution in [-0.2, 0) is 0 Å². The van der Waals surface area contributed by atoms with Crippen molar-refractivity contribution >= 4 is 34.8 Å². The molecule has 1 aliphatic heterocycles. The molecule has 1 aromatic heterocycles. The van der Waals surface area contributed by atoms with Gasteiger partial charge in [0.1, 0.15) is 18.1 Å². The zero-order chi connectivity index (χ0) is 17.4. The zero-order valence-corrected chi connectivity index (χ0v) is 14.8. The van der Waals surface area contributed by atoms with Gasteiger partial charge in [-0.25, -0.2) is 4.68 Å². The van der Waals surface area contributed by atoms with E-state index in [1.165, 1.54) is 6.33 Å². The summed E-state index contributed by atoms with van der Waals surface area (Å²) in [5.41, 5.74) is 2.91. The first kappa shape index (κ1) is 16.0. The minimum atomic E-state index is -0.0888. The molecule has 3 aromatic rings. The van der Waals surface area contributed by atoms with Gasteiger partial charge in [0.2, 0.25) is 5.95 Å². The lowest BCUT2D eigenvalue weighted by atomic mass is 10.0. The molecule has 0 radical (unpaired) electrons. The summed E-state index contributed by atoms with van der Waals surface area (Å²) in [7, 11) is 1.65. The molecule has 1 aliphatic rings. The first-order valence-corrected chi connectivity index (χ1v) is 8.39. The predicted molar refractivity (Wildman–Crippen MR) is 99.2 cm³/mol. The van der Waals surface area contributed by atoms with Gasteiger partial charge in [-0.3, -0.25) is 0 Å². The predicted octanol–water partition coefficient (Wildman–Crippen LogP) is 4.65. The summed E-state index contributed by atoms with van der Waals surface area (Å²) in [4.78, 5) is 4.30. The Morgan fingerprint density at radius 3 is 2.60 bits per heavy atom. The third-order valence-corrected chi connectivity index (χ3v) is 4.83. The van der Waals surface area contributed by atoms with Crippen molar-refractivity contribution in [1.82, 2.24) is 14.8 Å². The molecule has 0 aliphatic carbocycles. The number of aromatic nitrogens is 3. The minimum absolute atomic E-state index is 0.0888. The van der Waals surface area contributed by atoms with E-state index in [1.807, 2.05) is 41.1 Å². The average Bonchev–Trinajstić information content (AvgIpc) is 3.12. The molecule has 0 bridgehead atoms. The zero-order valence-electron chi connectivity index (χ0n) is 13.3. The van der Waals surface area contributed by atoms with Gasteiger partial charge in [-0.15, -0.1) is 0 Å². The molecule has 0 spiro atoms. The van der Waals surface area contributed by atoms with Gasteiger partial charge in [0, 0.05) is 5.70 Å². The second-order valence-electron chi connectivity index (χ2n) is 5.58. The highest BCUT2D eigenvalue weighted by Gasteiger charge is 2.23. The van der Waals surface area contributed by atoms with Crippen LogP contribution in [0.1, 0.15) is 17.2 Å². The van der Waals surface area contributed by atoms with Crippen LogP contribution in [0.4, 0.5) is 5.95 Å². The second kappa shape index (κ2) is 6.43. The molecule has 1 N–H and O–H groups in total. The van der Waals surface area contributed by atoms with Gasteiger partial charge in [0.05, 0.1) is 17.2 Å². The van der Waals surface area contributed by atoms with Crippen molar-refractivity contribution in [3.63, 3.8) is 0 Å². The summed E-state index contributed by atoms with van der Waals surface area (Å²) < 4.78 is 7.07. The Labute approximate surface area is 154 Å². The van der Waals surface area contributed by atoms with E-state index >= 15 is 0 Å². The summed E-state index contributed by atoms with van der Waals surface area (Å²) in [5.74, 6) is 1.48. The molecule has 0 unspecified atom stereocenters. The Kier molecular flexibility index (Phi) is 4.11. The number of allylic oxidation sites excluding steroid dienone is 1. The maximum atomic E-state index is 6.16. The highest BCUT2D eigenvalue weighted by molar-refractivity contribution is 6.42. The molecule has 25 heavy (non-hydrogen) atoms. The van der Waals surface area contributed by atoms with E-state index in [-0.39, 0.29) is 6.04 Å². The number of methoxy groups -OCH3 is 1. The summed E-state index contributed by atoms with van der Waals surface area (Å²) in [6.45, 7) is 0. The number of ether oxygens (including phenoxy) is 1. The first-order chi connectivity index (χ1) is 12.2. The first-order valence-electron chi connectivity index (χ1n) is 7.63. The van der Waals surface area contributed by atoms with Crippen molar-refractivity contribution in [3.8, 4) is 5.75 Å². The van der Waals surface area contributed by atoms with Crippen molar-refractivity contribution in [3.05, 3.63) is 76.0 Å². The number of hydrogen-bond acceptors (Lipinski definition) is 4. The number of anilines is 1. The van der Waals surface area contributed by atoms with Gasteiger partial charge in [-0.1, -0.05) is 41.4 Å². The van der Waals surface area contributed by atoms with E-state index in [9.17, 15) is 0 Å². The lowest BCUT2D eigenvalue weighted by Gasteiger charge is -2.24. The molecule has 4 rings (SSSR count). The number of nitrogens with zero attached hydrogens (tertiary/aromatic N) is 3. The fourth-order valence-corrected chi connectivity index (χ4v) is 3.10. The minimum Gasteiger partial charge on any atom is -0.497 e. The van der Waals surface area contributed by atoms with E-state index in [4.69, 9.17) is 27.9 Å². The molecule has 2 heterocycles. The van der Waals surface area contributed by atoms with Crippen LogP contribution in [-0.4, -0.2) is 21.9 Å². The Hall–Kier alpha value is -2.50. The van der Waals surface area contributed by atoms with Crippen molar-refractivity contribution in [2.45, 2.75) is 6.04 Å². The van der Waals surface area contributed by atoms with E-state index in [2.05, 4.69) is 21.5 Å². The molecule has 0 saturated carbocycles. The maximum absolute atomic E-state index is 6.16. The third-order valence-electron chi connectivity index (χ3n) is 4.10. The van der Waals surface area contributed by atoms with Gasteiger partial charge in [0.15, 0.2) is 0 Å². The van der Waals surface area contributed by atoms with Crippen LogP contribution < -0.4 is 10.1 Å². The fourth-order valence-electron chi connectivity index (χ4n) is 2.80. The molecule has 0 saturated heterocycles. The van der Waals surface area contributed by atoms with Crippen LogP contribution in [0.3, 0.4) is 0 Å². The number of benzene rings is 2. The monoisotopic (exact) mass is 372 g/mol. The molecular formula is C18H14Cl2N4O.